The maximum atomic E-state index is 12.8. The quantitative estimate of drug-likeness (QED) is 0.862. The van der Waals surface area contributed by atoms with Gasteiger partial charge in [-0.2, -0.15) is 4.31 Å². The average Bonchev–Trinajstić information content (AvgIpc) is 2.81. The van der Waals surface area contributed by atoms with Gasteiger partial charge >= 0.3 is 5.97 Å². The number of rotatable bonds is 3. The molecule has 0 saturated carbocycles. The molecule has 0 aliphatic carbocycles. The van der Waals surface area contributed by atoms with Crippen LogP contribution in [0.3, 0.4) is 0 Å². The maximum absolute atomic E-state index is 12.8. The topological polar surface area (TPSA) is 95.0 Å². The number of benzene rings is 1. The van der Waals surface area contributed by atoms with Gasteiger partial charge in [-0.1, -0.05) is 11.6 Å². The molecule has 2 fully saturated rings. The van der Waals surface area contributed by atoms with Gasteiger partial charge in [0.15, 0.2) is 0 Å². The van der Waals surface area contributed by atoms with Crippen molar-refractivity contribution in [2.75, 3.05) is 20.1 Å². The van der Waals surface area contributed by atoms with E-state index in [2.05, 4.69) is 0 Å². The first kappa shape index (κ1) is 17.2. The van der Waals surface area contributed by atoms with Crippen LogP contribution in [-0.4, -0.2) is 60.8 Å². The molecule has 0 aromatic heterocycles. The molecule has 9 heteroatoms. The van der Waals surface area contributed by atoms with E-state index in [4.69, 9.17) is 16.7 Å². The van der Waals surface area contributed by atoms with Crippen molar-refractivity contribution >= 4 is 33.5 Å². The van der Waals surface area contributed by atoms with E-state index in [9.17, 15) is 18.0 Å². The number of aromatic carboxylic acids is 1. The normalized spacial score (nSPS) is 24.9. The number of carboxylic acid groups (broad SMARTS) is 1. The third kappa shape index (κ3) is 2.78. The molecule has 1 N–H and O–H groups in total. The molecule has 1 amide bonds. The monoisotopic (exact) mass is 372 g/mol. The number of sulfonamides is 1. The number of hydrogen-bond donors (Lipinski definition) is 1. The maximum Gasteiger partial charge on any atom is 0.337 e. The SMILES string of the molecule is CN1C(=O)C[C@@H]2CN(S(=O)(=O)c3ccc(Cl)c(C(=O)O)c3)CC[C@@H]21. The Hall–Kier alpha value is -1.64. The van der Waals surface area contributed by atoms with Gasteiger partial charge in [0.2, 0.25) is 15.9 Å². The van der Waals surface area contributed by atoms with Crippen molar-refractivity contribution < 1.29 is 23.1 Å². The molecule has 1 aromatic rings. The summed E-state index contributed by atoms with van der Waals surface area (Å²) in [6, 6.07) is 3.74. The summed E-state index contributed by atoms with van der Waals surface area (Å²) in [5.41, 5.74) is -0.247. The highest BCUT2D eigenvalue weighted by atomic mass is 35.5. The van der Waals surface area contributed by atoms with E-state index in [1.54, 1.807) is 11.9 Å². The first-order chi connectivity index (χ1) is 11.2. The summed E-state index contributed by atoms with van der Waals surface area (Å²) < 4.78 is 27.0. The third-order valence-electron chi connectivity index (χ3n) is 4.79. The number of piperidine rings is 1. The Bertz CT molecular complexity index is 810. The predicted molar refractivity (Wildman–Crippen MR) is 86.5 cm³/mol. The van der Waals surface area contributed by atoms with Gasteiger partial charge in [-0.3, -0.25) is 4.79 Å². The number of carbonyl (C=O) groups excluding carboxylic acids is 1. The van der Waals surface area contributed by atoms with Crippen molar-refractivity contribution in [3.63, 3.8) is 0 Å². The number of likely N-dealkylation sites (tertiary alicyclic amines) is 1. The van der Waals surface area contributed by atoms with Crippen molar-refractivity contribution in [3.8, 4) is 0 Å². The van der Waals surface area contributed by atoms with Crippen LogP contribution in [0.15, 0.2) is 23.1 Å². The van der Waals surface area contributed by atoms with Crippen molar-refractivity contribution in [3.05, 3.63) is 28.8 Å². The lowest BCUT2D eigenvalue weighted by atomic mass is 9.94. The van der Waals surface area contributed by atoms with Crippen molar-refractivity contribution in [1.29, 1.82) is 0 Å². The lowest BCUT2D eigenvalue weighted by molar-refractivity contribution is -0.127. The van der Waals surface area contributed by atoms with E-state index in [1.165, 1.54) is 16.4 Å². The Kier molecular flexibility index (Phi) is 4.31. The second-order valence-corrected chi connectivity index (χ2v) is 8.48. The van der Waals surface area contributed by atoms with Crippen LogP contribution in [0.1, 0.15) is 23.2 Å². The van der Waals surface area contributed by atoms with E-state index in [0.29, 0.717) is 19.4 Å². The molecule has 130 valence electrons. The van der Waals surface area contributed by atoms with Gasteiger partial charge in [0.1, 0.15) is 0 Å². The van der Waals surface area contributed by atoms with Crippen LogP contribution in [0.4, 0.5) is 0 Å². The number of carbonyl (C=O) groups is 2. The van der Waals surface area contributed by atoms with Crippen molar-refractivity contribution in [2.24, 2.45) is 5.92 Å². The first-order valence-corrected chi connectivity index (χ1v) is 9.32. The highest BCUT2D eigenvalue weighted by Crippen LogP contribution is 2.34. The molecule has 3 rings (SSSR count). The summed E-state index contributed by atoms with van der Waals surface area (Å²) in [5.74, 6) is -1.28. The first-order valence-electron chi connectivity index (χ1n) is 7.50. The predicted octanol–water partition coefficient (Wildman–Crippen LogP) is 1.28. The van der Waals surface area contributed by atoms with Gasteiger partial charge in [0.25, 0.3) is 0 Å². The zero-order valence-corrected chi connectivity index (χ0v) is 14.5. The van der Waals surface area contributed by atoms with E-state index < -0.39 is 16.0 Å². The molecule has 7 nitrogen and oxygen atoms in total. The van der Waals surface area contributed by atoms with Crippen LogP contribution in [0.2, 0.25) is 5.02 Å². The molecule has 0 unspecified atom stereocenters. The molecule has 2 atom stereocenters. The molecule has 0 spiro atoms. The Labute approximate surface area is 144 Å². The van der Waals surface area contributed by atoms with Crippen LogP contribution in [0.25, 0.3) is 0 Å². The van der Waals surface area contributed by atoms with E-state index >= 15 is 0 Å². The number of halogens is 1. The van der Waals surface area contributed by atoms with Gasteiger partial charge in [-0.05, 0) is 24.6 Å². The van der Waals surface area contributed by atoms with Gasteiger partial charge in [-0.15, -0.1) is 0 Å². The van der Waals surface area contributed by atoms with Crippen LogP contribution in [0.5, 0.6) is 0 Å². The van der Waals surface area contributed by atoms with Crippen molar-refractivity contribution in [2.45, 2.75) is 23.8 Å². The fourth-order valence-corrected chi connectivity index (χ4v) is 5.18. The molecule has 0 bridgehead atoms. The minimum Gasteiger partial charge on any atom is -0.478 e. The lowest BCUT2D eigenvalue weighted by Crippen LogP contribution is -2.47. The molecule has 0 radical (unpaired) electrons. The van der Waals surface area contributed by atoms with E-state index in [-0.39, 0.29) is 39.9 Å². The minimum absolute atomic E-state index is 0.0110. The molecule has 2 heterocycles. The number of fused-ring (bicyclic) bond motifs is 1. The van der Waals surface area contributed by atoms with Gasteiger partial charge in [-0.25, -0.2) is 13.2 Å². The Balaban J connectivity index is 1.88. The molecule has 2 aliphatic heterocycles. The highest BCUT2D eigenvalue weighted by molar-refractivity contribution is 7.89. The molecule has 1 aromatic carbocycles. The van der Waals surface area contributed by atoms with E-state index in [0.717, 1.165) is 6.07 Å². The van der Waals surface area contributed by atoms with Crippen LogP contribution in [-0.2, 0) is 14.8 Å². The van der Waals surface area contributed by atoms with Gasteiger partial charge < -0.3 is 10.0 Å². The summed E-state index contributed by atoms with van der Waals surface area (Å²) in [6.07, 6.45) is 0.916. The average molecular weight is 373 g/mol. The highest BCUT2D eigenvalue weighted by Gasteiger charge is 2.43. The number of nitrogens with zero attached hydrogens (tertiary/aromatic N) is 2. The Morgan fingerprint density at radius 2 is 2.08 bits per heavy atom. The molecular formula is C15H17ClN2O5S. The van der Waals surface area contributed by atoms with Gasteiger partial charge in [0.05, 0.1) is 15.5 Å². The van der Waals surface area contributed by atoms with E-state index in [1.807, 2.05) is 0 Å². The fourth-order valence-electron chi connectivity index (χ4n) is 3.45. The minimum atomic E-state index is -3.83. The summed E-state index contributed by atoms with van der Waals surface area (Å²) in [5, 5.41) is 9.10. The standard InChI is InChI=1S/C15H17ClN2O5S/c1-17-13-4-5-18(8-9(13)6-14(17)19)24(22,23)10-2-3-12(16)11(7-10)15(20)21/h2-3,7,9,13H,4-6,8H2,1H3,(H,20,21)/t9-,13+/m1/s1. The molecular weight excluding hydrogens is 356 g/mol. The number of carboxylic acids is 1. The molecule has 24 heavy (non-hydrogen) atoms. The second kappa shape index (κ2) is 6.02. The summed E-state index contributed by atoms with van der Waals surface area (Å²) in [6.45, 7) is 0.556. The molecule has 2 aliphatic rings. The smallest absolute Gasteiger partial charge is 0.337 e. The fraction of sp³-hybridized carbons (Fsp3) is 0.467. The van der Waals surface area contributed by atoms with Crippen LogP contribution < -0.4 is 0 Å². The number of hydrogen-bond acceptors (Lipinski definition) is 4. The summed E-state index contributed by atoms with van der Waals surface area (Å²) in [7, 11) is -2.08. The number of amides is 1. The van der Waals surface area contributed by atoms with Crippen molar-refractivity contribution in [1.82, 2.24) is 9.21 Å². The Morgan fingerprint density at radius 1 is 1.38 bits per heavy atom. The zero-order chi connectivity index (χ0) is 17.6. The summed E-state index contributed by atoms with van der Waals surface area (Å²) in [4.78, 5) is 24.6. The largest absolute Gasteiger partial charge is 0.478 e. The lowest BCUT2D eigenvalue weighted by Gasteiger charge is -2.35. The summed E-state index contributed by atoms with van der Waals surface area (Å²) >= 11 is 5.80. The second-order valence-electron chi connectivity index (χ2n) is 6.13. The van der Waals surface area contributed by atoms with Crippen LogP contribution in [0, 0.1) is 5.92 Å². The molecule has 2 saturated heterocycles. The Morgan fingerprint density at radius 3 is 2.75 bits per heavy atom. The van der Waals surface area contributed by atoms with Crippen LogP contribution >= 0.6 is 11.6 Å². The third-order valence-corrected chi connectivity index (χ3v) is 6.98. The zero-order valence-electron chi connectivity index (χ0n) is 13.0. The van der Waals surface area contributed by atoms with Gasteiger partial charge in [0, 0.05) is 38.5 Å².